The lowest BCUT2D eigenvalue weighted by Gasteiger charge is -2.07. The van der Waals surface area contributed by atoms with Crippen LogP contribution >= 0.6 is 0 Å². The van der Waals surface area contributed by atoms with E-state index in [4.69, 9.17) is 9.15 Å². The van der Waals surface area contributed by atoms with E-state index in [1.807, 2.05) is 18.2 Å². The zero-order valence-corrected chi connectivity index (χ0v) is 11.5. The average molecular weight is 287 g/mol. The van der Waals surface area contributed by atoms with Gasteiger partial charge in [0.2, 0.25) is 0 Å². The second-order valence-electron chi connectivity index (χ2n) is 5.20. The molecule has 0 spiro atoms. The third-order valence-electron chi connectivity index (χ3n) is 3.82. The molecule has 0 unspecified atom stereocenters. The Hall–Kier alpha value is -2.21. The van der Waals surface area contributed by atoms with E-state index in [-0.39, 0.29) is 6.04 Å². The van der Waals surface area contributed by atoms with Crippen LogP contribution in [-0.4, -0.2) is 29.8 Å². The predicted molar refractivity (Wildman–Crippen MR) is 76.1 cm³/mol. The number of hydrogen-bond donors (Lipinski definition) is 1. The summed E-state index contributed by atoms with van der Waals surface area (Å²) in [5.74, 6) is 1.35. The summed E-state index contributed by atoms with van der Waals surface area (Å²) in [7, 11) is 1.62. The van der Waals surface area contributed by atoms with Crippen molar-refractivity contribution in [3.63, 3.8) is 0 Å². The fourth-order valence-electron chi connectivity index (χ4n) is 2.74. The van der Waals surface area contributed by atoms with Gasteiger partial charge in [-0.05, 0) is 18.2 Å². The molecule has 1 fully saturated rings. The Morgan fingerprint density at radius 2 is 2.29 bits per heavy atom. The number of fused-ring (bicyclic) bond motifs is 3. The molecule has 3 heterocycles. The number of halogens is 1. The Morgan fingerprint density at radius 1 is 1.38 bits per heavy atom. The summed E-state index contributed by atoms with van der Waals surface area (Å²) < 4.78 is 24.3. The van der Waals surface area contributed by atoms with E-state index < -0.39 is 6.17 Å². The molecule has 21 heavy (non-hydrogen) atoms. The van der Waals surface area contributed by atoms with Crippen LogP contribution in [0, 0.1) is 0 Å². The summed E-state index contributed by atoms with van der Waals surface area (Å²) in [5, 5.41) is 3.97. The molecular formula is C15H14FN3O2. The number of rotatable bonds is 2. The smallest absolute Gasteiger partial charge is 0.172 e. The van der Waals surface area contributed by atoms with Crippen LogP contribution in [0.15, 0.2) is 28.8 Å². The highest BCUT2D eigenvalue weighted by atomic mass is 19.1. The molecule has 0 radical (unpaired) electrons. The van der Waals surface area contributed by atoms with Crippen LogP contribution in [0.25, 0.3) is 22.1 Å². The van der Waals surface area contributed by atoms with Crippen LogP contribution in [0.5, 0.6) is 5.75 Å². The molecule has 0 saturated carbocycles. The van der Waals surface area contributed by atoms with Gasteiger partial charge in [-0.1, -0.05) is 0 Å². The topological polar surface area (TPSA) is 60.2 Å². The summed E-state index contributed by atoms with van der Waals surface area (Å²) >= 11 is 0. The van der Waals surface area contributed by atoms with Gasteiger partial charge in [0.15, 0.2) is 5.58 Å². The highest BCUT2D eigenvalue weighted by molar-refractivity contribution is 6.02. The van der Waals surface area contributed by atoms with Crippen LogP contribution in [0.3, 0.4) is 0 Å². The number of nitrogens with one attached hydrogen (secondary N) is 1. The van der Waals surface area contributed by atoms with Crippen molar-refractivity contribution in [3.8, 4) is 5.75 Å². The Balaban J connectivity index is 1.86. The summed E-state index contributed by atoms with van der Waals surface area (Å²) in [6.07, 6.45) is 1.22. The van der Waals surface area contributed by atoms with Crippen LogP contribution < -0.4 is 10.1 Å². The zero-order chi connectivity index (χ0) is 14.4. The number of methoxy groups -OCH3 is 1. The van der Waals surface area contributed by atoms with E-state index in [2.05, 4.69) is 15.3 Å². The molecule has 1 saturated heterocycles. The minimum Gasteiger partial charge on any atom is -0.497 e. The van der Waals surface area contributed by atoms with E-state index >= 15 is 0 Å². The molecule has 108 valence electrons. The van der Waals surface area contributed by atoms with E-state index in [1.54, 1.807) is 13.3 Å². The molecular weight excluding hydrogens is 273 g/mol. The van der Waals surface area contributed by atoms with Crippen LogP contribution in [0.4, 0.5) is 4.39 Å². The number of nitrogens with zero attached hydrogens (tertiary/aromatic N) is 2. The molecule has 0 amide bonds. The minimum absolute atomic E-state index is 0.139. The van der Waals surface area contributed by atoms with Crippen molar-refractivity contribution in [3.05, 3.63) is 30.2 Å². The molecule has 1 aliphatic heterocycles. The maximum absolute atomic E-state index is 13.3. The van der Waals surface area contributed by atoms with E-state index in [0.29, 0.717) is 24.4 Å². The minimum atomic E-state index is -0.838. The van der Waals surface area contributed by atoms with Crippen molar-refractivity contribution in [2.45, 2.75) is 18.6 Å². The molecule has 1 aromatic carbocycles. The summed E-state index contributed by atoms with van der Waals surface area (Å²) in [5.41, 5.74) is 2.09. The van der Waals surface area contributed by atoms with Crippen molar-refractivity contribution in [1.82, 2.24) is 15.3 Å². The number of hydrogen-bond acceptors (Lipinski definition) is 5. The first-order chi connectivity index (χ1) is 10.2. The molecule has 6 heteroatoms. The van der Waals surface area contributed by atoms with Crippen molar-refractivity contribution < 1.29 is 13.5 Å². The molecule has 0 aliphatic carbocycles. The van der Waals surface area contributed by atoms with Crippen molar-refractivity contribution in [2.24, 2.45) is 0 Å². The normalized spacial score (nSPS) is 22.2. The highest BCUT2D eigenvalue weighted by Gasteiger charge is 2.27. The molecule has 1 N–H and O–H groups in total. The second-order valence-corrected chi connectivity index (χ2v) is 5.20. The van der Waals surface area contributed by atoms with Gasteiger partial charge in [0.1, 0.15) is 28.8 Å². The highest BCUT2D eigenvalue weighted by Crippen LogP contribution is 2.31. The van der Waals surface area contributed by atoms with Crippen LogP contribution in [0.1, 0.15) is 18.3 Å². The van der Waals surface area contributed by atoms with Gasteiger partial charge in [0.25, 0.3) is 0 Å². The maximum Gasteiger partial charge on any atom is 0.172 e. The van der Waals surface area contributed by atoms with Crippen LogP contribution in [0.2, 0.25) is 0 Å². The fraction of sp³-hybridized carbons (Fsp3) is 0.333. The number of alkyl halides is 1. The van der Waals surface area contributed by atoms with Gasteiger partial charge in [-0.25, -0.2) is 14.4 Å². The Bertz CT molecular complexity index is 817. The standard InChI is InChI=1S/C15H14FN3O2/c1-20-9-2-3-12-10(5-9)14-13(21-12)7-18-15(19-14)11-4-8(16)6-17-11/h2-3,5,7-8,11,17H,4,6H2,1H3/t8-,11+/m1/s1. The third kappa shape index (κ3) is 2.03. The summed E-state index contributed by atoms with van der Waals surface area (Å²) in [4.78, 5) is 8.86. The molecule has 5 nitrogen and oxygen atoms in total. The molecule has 0 bridgehead atoms. The van der Waals surface area contributed by atoms with Crippen molar-refractivity contribution >= 4 is 22.1 Å². The lowest BCUT2D eigenvalue weighted by molar-refractivity contribution is 0.355. The lowest BCUT2D eigenvalue weighted by atomic mass is 10.2. The molecule has 4 rings (SSSR count). The monoisotopic (exact) mass is 287 g/mol. The Kier molecular flexibility index (Phi) is 2.78. The summed E-state index contributed by atoms with van der Waals surface area (Å²) in [6.45, 7) is 0.353. The van der Waals surface area contributed by atoms with Gasteiger partial charge >= 0.3 is 0 Å². The average Bonchev–Trinajstić information content (AvgIpc) is 3.09. The lowest BCUT2D eigenvalue weighted by Crippen LogP contribution is -2.16. The number of furan rings is 1. The quantitative estimate of drug-likeness (QED) is 0.785. The van der Waals surface area contributed by atoms with E-state index in [1.165, 1.54) is 0 Å². The SMILES string of the molecule is COc1ccc2oc3cnc([C@@H]4C[C@@H](F)CN4)nc3c2c1. The molecule has 2 atom stereocenters. The van der Waals surface area contributed by atoms with Crippen molar-refractivity contribution in [1.29, 1.82) is 0 Å². The number of ether oxygens (including phenoxy) is 1. The van der Waals surface area contributed by atoms with E-state index in [9.17, 15) is 4.39 Å². The predicted octanol–water partition coefficient (Wildman–Crippen LogP) is 2.76. The third-order valence-corrected chi connectivity index (χ3v) is 3.82. The number of aromatic nitrogens is 2. The fourth-order valence-corrected chi connectivity index (χ4v) is 2.74. The number of benzene rings is 1. The van der Waals surface area contributed by atoms with Crippen LogP contribution in [-0.2, 0) is 0 Å². The van der Waals surface area contributed by atoms with Gasteiger partial charge in [-0.2, -0.15) is 0 Å². The second kappa shape index (κ2) is 4.66. The Labute approximate surface area is 120 Å². The van der Waals surface area contributed by atoms with Gasteiger partial charge in [-0.3, -0.25) is 0 Å². The first-order valence-corrected chi connectivity index (χ1v) is 6.85. The molecule has 2 aromatic heterocycles. The largest absolute Gasteiger partial charge is 0.497 e. The van der Waals surface area contributed by atoms with Gasteiger partial charge in [-0.15, -0.1) is 0 Å². The van der Waals surface area contributed by atoms with Gasteiger partial charge in [0.05, 0.1) is 24.7 Å². The van der Waals surface area contributed by atoms with Crippen molar-refractivity contribution in [2.75, 3.05) is 13.7 Å². The maximum atomic E-state index is 13.3. The molecule has 1 aliphatic rings. The first kappa shape index (κ1) is 12.5. The van der Waals surface area contributed by atoms with Gasteiger partial charge < -0.3 is 14.5 Å². The van der Waals surface area contributed by atoms with E-state index in [0.717, 1.165) is 22.2 Å². The summed E-state index contributed by atoms with van der Waals surface area (Å²) in [6, 6.07) is 5.43. The molecule has 3 aromatic rings. The zero-order valence-electron chi connectivity index (χ0n) is 11.5. The van der Waals surface area contributed by atoms with Gasteiger partial charge in [0, 0.05) is 13.0 Å². The Morgan fingerprint density at radius 3 is 3.05 bits per heavy atom. The first-order valence-electron chi connectivity index (χ1n) is 6.85.